The average Bonchev–Trinajstić information content (AvgIpc) is 4.06. The zero-order valence-corrected chi connectivity index (χ0v) is 32.4. The molecule has 1 heterocycles. The van der Waals surface area contributed by atoms with E-state index in [0.29, 0.717) is 36.5 Å². The lowest BCUT2D eigenvalue weighted by atomic mass is 10.0. The SMILES string of the molecule is COCC(=O)NCc1cn(CCOCCOCCC(=O)N[C@H](C(=O)N[C@@H](CCCNC(N)=O)C(=O)Nc2ccc(COC(=O)NNC3C4=C3C4)cc2)C(C)C)nn1. The van der Waals surface area contributed by atoms with Crippen molar-refractivity contribution in [1.82, 2.24) is 47.1 Å². The molecule has 2 atom stereocenters. The van der Waals surface area contributed by atoms with Crippen LogP contribution < -0.4 is 43.2 Å². The maximum absolute atomic E-state index is 13.4. The van der Waals surface area contributed by atoms with Crippen molar-refractivity contribution >= 4 is 41.4 Å². The van der Waals surface area contributed by atoms with Gasteiger partial charge in [0.15, 0.2) is 0 Å². The molecule has 2 aliphatic rings. The summed E-state index contributed by atoms with van der Waals surface area (Å²) in [5.41, 5.74) is 14.9. The van der Waals surface area contributed by atoms with Crippen molar-refractivity contribution in [2.24, 2.45) is 11.7 Å². The number of hydrazine groups is 1. The highest BCUT2D eigenvalue weighted by atomic mass is 16.6. The standard InChI is InChI=1S/C36H53N11O10/c1-22(2)31(42-29(48)10-13-55-15-16-56-14-12-47-19-25(43-46-47)18-39-30(49)21-54-3)34(51)41-28(5-4-11-38-35(37)52)33(50)40-24-8-6-23(7-9-24)20-57-36(53)45-44-32-26-17-27(26)32/h6-9,19,22,28,31-32,44H,4-5,10-18,20-21H2,1-3H3,(H,39,49)(H,40,50)(H,41,51)(H,42,48)(H,45,53)(H3,37,38,52)/t28-,31-/m0/s1. The molecular formula is C36H53N11O10. The molecule has 2 aromatic rings. The summed E-state index contributed by atoms with van der Waals surface area (Å²) >= 11 is 0. The van der Waals surface area contributed by atoms with Crippen LogP contribution in [0.4, 0.5) is 15.3 Å². The Morgan fingerprint density at radius 2 is 1.67 bits per heavy atom. The second-order valence-electron chi connectivity index (χ2n) is 13.6. The molecule has 1 aromatic carbocycles. The molecule has 2 aliphatic carbocycles. The zero-order valence-electron chi connectivity index (χ0n) is 32.4. The highest BCUT2D eigenvalue weighted by Crippen LogP contribution is 2.54. The molecule has 0 aliphatic heterocycles. The van der Waals surface area contributed by atoms with Crippen molar-refractivity contribution < 1.29 is 47.7 Å². The minimum absolute atomic E-state index is 0.00984. The topological polar surface area (TPSA) is 280 Å². The molecule has 21 nitrogen and oxygen atoms in total. The second kappa shape index (κ2) is 22.8. The minimum Gasteiger partial charge on any atom is -0.444 e. The molecule has 0 spiro atoms. The molecule has 0 fully saturated rings. The van der Waals surface area contributed by atoms with E-state index in [9.17, 15) is 28.8 Å². The number of nitrogens with one attached hydrogen (secondary N) is 7. The van der Waals surface area contributed by atoms with Crippen LogP contribution in [0.3, 0.4) is 0 Å². The Morgan fingerprint density at radius 3 is 2.33 bits per heavy atom. The van der Waals surface area contributed by atoms with Crippen molar-refractivity contribution in [3.63, 3.8) is 0 Å². The van der Waals surface area contributed by atoms with Crippen LogP contribution >= 0.6 is 0 Å². The van der Waals surface area contributed by atoms with Crippen LogP contribution in [0.5, 0.6) is 0 Å². The first kappa shape index (κ1) is 44.1. The molecule has 0 unspecified atom stereocenters. The van der Waals surface area contributed by atoms with E-state index >= 15 is 0 Å². The molecule has 312 valence electrons. The molecule has 21 heteroatoms. The summed E-state index contributed by atoms with van der Waals surface area (Å²) in [6.45, 7) is 5.33. The molecular weight excluding hydrogens is 746 g/mol. The monoisotopic (exact) mass is 799 g/mol. The van der Waals surface area contributed by atoms with Crippen LogP contribution in [0.2, 0.25) is 0 Å². The number of carbonyl (C=O) groups excluding carboxylic acids is 6. The van der Waals surface area contributed by atoms with Crippen LogP contribution in [0.15, 0.2) is 41.6 Å². The summed E-state index contributed by atoms with van der Waals surface area (Å²) in [6.07, 6.45) is 2.62. The van der Waals surface area contributed by atoms with Crippen LogP contribution in [-0.4, -0.2) is 116 Å². The first-order chi connectivity index (χ1) is 27.4. The van der Waals surface area contributed by atoms with Gasteiger partial charge in [-0.2, -0.15) is 0 Å². The minimum atomic E-state index is -1.01. The number of carbonyl (C=O) groups is 6. The number of hydrogen-bond acceptors (Lipinski definition) is 13. The van der Waals surface area contributed by atoms with Gasteiger partial charge in [-0.1, -0.05) is 31.2 Å². The summed E-state index contributed by atoms with van der Waals surface area (Å²) in [6, 6.07) is 4.18. The molecule has 4 rings (SSSR count). The van der Waals surface area contributed by atoms with Gasteiger partial charge < -0.3 is 51.3 Å². The number of methoxy groups -OCH3 is 1. The molecule has 0 saturated carbocycles. The fourth-order valence-electron chi connectivity index (χ4n) is 5.33. The smallest absolute Gasteiger partial charge is 0.421 e. The van der Waals surface area contributed by atoms with Gasteiger partial charge in [0.2, 0.25) is 23.6 Å². The molecule has 0 radical (unpaired) electrons. The highest BCUT2D eigenvalue weighted by molar-refractivity contribution is 5.98. The Labute approximate surface area is 329 Å². The van der Waals surface area contributed by atoms with Gasteiger partial charge >= 0.3 is 12.1 Å². The summed E-state index contributed by atoms with van der Waals surface area (Å²) in [4.78, 5) is 74.2. The number of rotatable bonds is 27. The Hall–Kier alpha value is -5.64. The quantitative estimate of drug-likeness (QED) is 0.0322. The number of nitrogens with zero attached hydrogens (tertiary/aromatic N) is 3. The number of ether oxygens (including phenoxy) is 4. The fraction of sp³-hybridized carbons (Fsp3) is 0.556. The summed E-state index contributed by atoms with van der Waals surface area (Å²) in [5, 5.41) is 21.4. The van der Waals surface area contributed by atoms with Gasteiger partial charge in [0.05, 0.1) is 51.8 Å². The van der Waals surface area contributed by atoms with Crippen molar-refractivity contribution in [2.45, 2.75) is 77.4 Å². The number of urea groups is 1. The van der Waals surface area contributed by atoms with Crippen molar-refractivity contribution in [3.05, 3.63) is 52.9 Å². The number of anilines is 1. The lowest BCUT2D eigenvalue weighted by Crippen LogP contribution is -2.54. The molecule has 0 bridgehead atoms. The number of benzene rings is 1. The summed E-state index contributed by atoms with van der Waals surface area (Å²) < 4.78 is 22.7. The fourth-order valence-corrected chi connectivity index (χ4v) is 5.33. The lowest BCUT2D eigenvalue weighted by molar-refractivity contribution is -0.132. The molecule has 1 aromatic heterocycles. The van der Waals surface area contributed by atoms with Gasteiger partial charge in [-0.05, 0) is 54.0 Å². The first-order valence-electron chi connectivity index (χ1n) is 18.7. The van der Waals surface area contributed by atoms with E-state index in [2.05, 4.69) is 47.7 Å². The summed E-state index contributed by atoms with van der Waals surface area (Å²) in [5.74, 6) is -2.04. The van der Waals surface area contributed by atoms with E-state index in [1.165, 1.54) is 18.3 Å². The number of nitrogens with two attached hydrogens (primary N) is 1. The van der Waals surface area contributed by atoms with Crippen LogP contribution in [0.25, 0.3) is 0 Å². The Morgan fingerprint density at radius 1 is 0.930 bits per heavy atom. The Balaban J connectivity index is 1.14. The van der Waals surface area contributed by atoms with Gasteiger partial charge in [0.1, 0.15) is 31.0 Å². The van der Waals surface area contributed by atoms with E-state index in [-0.39, 0.29) is 76.8 Å². The molecule has 57 heavy (non-hydrogen) atoms. The third-order valence-electron chi connectivity index (χ3n) is 8.70. The third-order valence-corrected chi connectivity index (χ3v) is 8.70. The highest BCUT2D eigenvalue weighted by Gasteiger charge is 2.49. The zero-order chi connectivity index (χ0) is 41.2. The first-order valence-corrected chi connectivity index (χ1v) is 18.7. The van der Waals surface area contributed by atoms with Crippen molar-refractivity contribution in [2.75, 3.05) is 52.0 Å². The number of amides is 7. The predicted octanol–water partition coefficient (Wildman–Crippen LogP) is -0.510. The number of aromatic nitrogens is 3. The number of primary amides is 1. The van der Waals surface area contributed by atoms with E-state index in [1.807, 2.05) is 0 Å². The van der Waals surface area contributed by atoms with E-state index in [1.54, 1.807) is 49.0 Å². The van der Waals surface area contributed by atoms with E-state index in [4.69, 9.17) is 24.7 Å². The van der Waals surface area contributed by atoms with Gasteiger partial charge in [-0.25, -0.2) is 19.7 Å². The van der Waals surface area contributed by atoms with Crippen molar-refractivity contribution in [1.29, 1.82) is 0 Å². The molecule has 9 N–H and O–H groups in total. The van der Waals surface area contributed by atoms with E-state index in [0.717, 1.165) is 6.42 Å². The Kier molecular flexibility index (Phi) is 17.6. The van der Waals surface area contributed by atoms with Crippen LogP contribution in [0, 0.1) is 5.92 Å². The predicted molar refractivity (Wildman–Crippen MR) is 202 cm³/mol. The second-order valence-corrected chi connectivity index (χ2v) is 13.6. The van der Waals surface area contributed by atoms with Gasteiger partial charge in [0.25, 0.3) is 0 Å². The van der Waals surface area contributed by atoms with Crippen molar-refractivity contribution in [3.8, 4) is 0 Å². The number of hydrogen-bond donors (Lipinski definition) is 8. The molecule has 0 saturated heterocycles. The van der Waals surface area contributed by atoms with Gasteiger partial charge in [0, 0.05) is 25.8 Å². The maximum atomic E-state index is 13.4. The third kappa shape index (κ3) is 16.2. The summed E-state index contributed by atoms with van der Waals surface area (Å²) in [7, 11) is 1.44. The molecule has 7 amide bonds. The van der Waals surface area contributed by atoms with E-state index < -0.39 is 41.9 Å². The van der Waals surface area contributed by atoms with Crippen LogP contribution in [0.1, 0.15) is 50.8 Å². The maximum Gasteiger partial charge on any atom is 0.421 e. The lowest BCUT2D eigenvalue weighted by Gasteiger charge is -2.25. The van der Waals surface area contributed by atoms with Gasteiger partial charge in [-0.3, -0.25) is 24.6 Å². The largest absolute Gasteiger partial charge is 0.444 e. The Bertz CT molecular complexity index is 1700. The normalized spacial score (nSPS) is 13.9. The van der Waals surface area contributed by atoms with Gasteiger partial charge in [-0.15, -0.1) is 5.10 Å². The van der Waals surface area contributed by atoms with Crippen LogP contribution in [-0.2, 0) is 57.8 Å². The average molecular weight is 800 g/mol.